The first-order valence-corrected chi connectivity index (χ1v) is 7.99. The number of methoxy groups -OCH3 is 1. The molecule has 1 saturated heterocycles. The maximum absolute atomic E-state index is 12.7. The predicted octanol–water partition coefficient (Wildman–Crippen LogP) is 3.66. The minimum absolute atomic E-state index is 0.133. The normalized spacial score (nSPS) is 18.0. The van der Waals surface area contributed by atoms with Crippen molar-refractivity contribution < 1.29 is 22.8 Å². The summed E-state index contributed by atoms with van der Waals surface area (Å²) < 4.78 is 44.6. The number of benzene rings is 1. The number of nitro groups is 1. The van der Waals surface area contributed by atoms with Gasteiger partial charge < -0.3 is 9.64 Å². The highest BCUT2D eigenvalue weighted by Crippen LogP contribution is 2.34. The lowest BCUT2D eigenvalue weighted by Crippen LogP contribution is -2.36. The molecule has 1 aromatic carbocycles. The Bertz CT molecular complexity index is 806. The average molecular weight is 370 g/mol. The molecular formula is C16H17F3N4O3. The quantitative estimate of drug-likeness (QED) is 0.607. The molecule has 1 unspecified atom stereocenters. The van der Waals surface area contributed by atoms with Gasteiger partial charge in [-0.25, -0.2) is 0 Å². The Morgan fingerprint density at radius 1 is 1.35 bits per heavy atom. The van der Waals surface area contributed by atoms with Crippen LogP contribution in [0.3, 0.4) is 0 Å². The lowest BCUT2D eigenvalue weighted by molar-refractivity contribution is -0.385. The molecule has 0 amide bonds. The van der Waals surface area contributed by atoms with E-state index in [1.807, 2.05) is 4.90 Å². The summed E-state index contributed by atoms with van der Waals surface area (Å²) in [6, 6.07) is 5.32. The molecule has 7 nitrogen and oxygen atoms in total. The fourth-order valence-electron chi connectivity index (χ4n) is 3.11. The van der Waals surface area contributed by atoms with Gasteiger partial charge >= 0.3 is 11.9 Å². The first-order chi connectivity index (χ1) is 12.3. The van der Waals surface area contributed by atoms with Gasteiger partial charge in [-0.05, 0) is 25.0 Å². The number of aromatic nitrogens is 2. The van der Waals surface area contributed by atoms with Crippen molar-refractivity contribution in [2.24, 2.45) is 0 Å². The highest BCUT2D eigenvalue weighted by atomic mass is 19.4. The summed E-state index contributed by atoms with van der Waals surface area (Å²) in [7, 11) is 1.35. The van der Waals surface area contributed by atoms with Crippen LogP contribution in [-0.4, -0.2) is 34.9 Å². The molecule has 140 valence electrons. The SMILES string of the molecule is COc1cc(N2CCCC(n3ccc(C(F)(F)F)n3)C2)ccc1[N+](=O)[O-]. The number of hydrogen-bond acceptors (Lipinski definition) is 5. The van der Waals surface area contributed by atoms with Crippen LogP contribution in [0.25, 0.3) is 0 Å². The summed E-state index contributed by atoms with van der Waals surface area (Å²) in [6.45, 7) is 1.16. The number of alkyl halides is 3. The molecule has 0 spiro atoms. The van der Waals surface area contributed by atoms with E-state index in [1.165, 1.54) is 24.1 Å². The summed E-state index contributed by atoms with van der Waals surface area (Å²) >= 11 is 0. The van der Waals surface area contributed by atoms with E-state index in [4.69, 9.17) is 4.74 Å². The number of hydrogen-bond donors (Lipinski definition) is 0. The number of ether oxygens (including phenoxy) is 1. The molecule has 26 heavy (non-hydrogen) atoms. The van der Waals surface area contributed by atoms with Crippen molar-refractivity contribution in [1.29, 1.82) is 0 Å². The minimum atomic E-state index is -4.47. The molecule has 3 rings (SSSR count). The molecule has 1 aliphatic heterocycles. The van der Waals surface area contributed by atoms with Gasteiger partial charge in [0.05, 0.1) is 18.1 Å². The van der Waals surface area contributed by atoms with Crippen LogP contribution in [0.1, 0.15) is 24.6 Å². The van der Waals surface area contributed by atoms with Gasteiger partial charge in [-0.3, -0.25) is 14.8 Å². The maximum atomic E-state index is 12.7. The van der Waals surface area contributed by atoms with Crippen LogP contribution in [0, 0.1) is 10.1 Å². The van der Waals surface area contributed by atoms with E-state index in [9.17, 15) is 23.3 Å². The number of halogens is 3. The number of nitro benzene ring substituents is 1. The predicted molar refractivity (Wildman–Crippen MR) is 87.4 cm³/mol. The number of rotatable bonds is 4. The van der Waals surface area contributed by atoms with Crippen molar-refractivity contribution in [2.75, 3.05) is 25.1 Å². The Hall–Kier alpha value is -2.78. The van der Waals surface area contributed by atoms with Crippen LogP contribution in [0.5, 0.6) is 5.75 Å². The number of piperidine rings is 1. The number of anilines is 1. The fraction of sp³-hybridized carbons (Fsp3) is 0.438. The van der Waals surface area contributed by atoms with Crippen LogP contribution in [-0.2, 0) is 6.18 Å². The summed E-state index contributed by atoms with van der Waals surface area (Å²) in [5, 5.41) is 14.7. The topological polar surface area (TPSA) is 73.4 Å². The lowest BCUT2D eigenvalue weighted by Gasteiger charge is -2.34. The highest BCUT2D eigenvalue weighted by molar-refractivity contribution is 5.59. The second-order valence-electron chi connectivity index (χ2n) is 6.03. The van der Waals surface area contributed by atoms with Gasteiger partial charge in [0.1, 0.15) is 0 Å². The Balaban J connectivity index is 1.80. The van der Waals surface area contributed by atoms with Crippen LogP contribution in [0.2, 0.25) is 0 Å². The molecule has 0 aliphatic carbocycles. The Morgan fingerprint density at radius 3 is 2.73 bits per heavy atom. The summed E-state index contributed by atoms with van der Waals surface area (Å²) in [6.07, 6.45) is -1.65. The van der Waals surface area contributed by atoms with Crippen molar-refractivity contribution >= 4 is 11.4 Å². The van der Waals surface area contributed by atoms with Gasteiger partial charge in [-0.1, -0.05) is 0 Å². The molecule has 0 radical (unpaired) electrons. The van der Waals surface area contributed by atoms with Crippen LogP contribution >= 0.6 is 0 Å². The molecule has 10 heteroatoms. The van der Waals surface area contributed by atoms with Crippen LogP contribution < -0.4 is 9.64 Å². The van der Waals surface area contributed by atoms with Crippen molar-refractivity contribution in [2.45, 2.75) is 25.1 Å². The van der Waals surface area contributed by atoms with Gasteiger partial charge in [0.25, 0.3) is 0 Å². The average Bonchev–Trinajstić information content (AvgIpc) is 3.11. The molecule has 0 N–H and O–H groups in total. The van der Waals surface area contributed by atoms with Crippen molar-refractivity contribution in [3.8, 4) is 5.75 Å². The molecule has 2 aromatic rings. The molecule has 1 aromatic heterocycles. The lowest BCUT2D eigenvalue weighted by atomic mass is 10.0. The van der Waals surface area contributed by atoms with E-state index >= 15 is 0 Å². The zero-order chi connectivity index (χ0) is 18.9. The van der Waals surface area contributed by atoms with E-state index < -0.39 is 16.8 Å². The van der Waals surface area contributed by atoms with E-state index in [1.54, 1.807) is 12.1 Å². The first-order valence-electron chi connectivity index (χ1n) is 7.99. The standard InChI is InChI=1S/C16H17F3N4O3/c1-26-14-9-11(4-5-13(14)23(24)25)21-7-2-3-12(10-21)22-8-6-15(20-22)16(17,18)19/h4-6,8-9,12H,2-3,7,10H2,1H3. The Morgan fingerprint density at radius 2 is 2.12 bits per heavy atom. The Kier molecular flexibility index (Phi) is 4.75. The minimum Gasteiger partial charge on any atom is -0.490 e. The molecular weight excluding hydrogens is 353 g/mol. The van der Waals surface area contributed by atoms with Crippen LogP contribution in [0.4, 0.5) is 24.5 Å². The number of nitrogens with zero attached hydrogens (tertiary/aromatic N) is 4. The summed E-state index contributed by atoms with van der Waals surface area (Å²) in [4.78, 5) is 12.4. The van der Waals surface area contributed by atoms with Gasteiger partial charge in [-0.2, -0.15) is 18.3 Å². The summed E-state index contributed by atoms with van der Waals surface area (Å²) in [5.74, 6) is 0.146. The van der Waals surface area contributed by atoms with E-state index in [0.29, 0.717) is 19.5 Å². The summed E-state index contributed by atoms with van der Waals surface area (Å²) in [5.41, 5.74) is -0.321. The van der Waals surface area contributed by atoms with Crippen molar-refractivity contribution in [3.63, 3.8) is 0 Å². The molecule has 1 aliphatic rings. The third-order valence-corrected chi connectivity index (χ3v) is 4.39. The monoisotopic (exact) mass is 370 g/mol. The fourth-order valence-corrected chi connectivity index (χ4v) is 3.11. The second-order valence-corrected chi connectivity index (χ2v) is 6.03. The van der Waals surface area contributed by atoms with E-state index in [-0.39, 0.29) is 17.5 Å². The van der Waals surface area contributed by atoms with Crippen molar-refractivity contribution in [3.05, 3.63) is 46.3 Å². The second kappa shape index (κ2) is 6.85. The third-order valence-electron chi connectivity index (χ3n) is 4.39. The molecule has 0 saturated carbocycles. The maximum Gasteiger partial charge on any atom is 0.435 e. The Labute approximate surface area is 147 Å². The largest absolute Gasteiger partial charge is 0.490 e. The smallest absolute Gasteiger partial charge is 0.435 e. The third kappa shape index (κ3) is 3.58. The van der Waals surface area contributed by atoms with Crippen molar-refractivity contribution in [1.82, 2.24) is 9.78 Å². The molecule has 1 atom stereocenters. The van der Waals surface area contributed by atoms with Gasteiger partial charge in [0, 0.05) is 37.1 Å². The highest BCUT2D eigenvalue weighted by Gasteiger charge is 2.34. The molecule has 2 heterocycles. The van der Waals surface area contributed by atoms with Gasteiger partial charge in [-0.15, -0.1) is 0 Å². The van der Waals surface area contributed by atoms with Gasteiger partial charge in [0.2, 0.25) is 0 Å². The van der Waals surface area contributed by atoms with E-state index in [2.05, 4.69) is 5.10 Å². The van der Waals surface area contributed by atoms with E-state index in [0.717, 1.165) is 18.2 Å². The first kappa shape index (κ1) is 18.0. The van der Waals surface area contributed by atoms with Crippen LogP contribution in [0.15, 0.2) is 30.5 Å². The molecule has 0 bridgehead atoms. The molecule has 1 fully saturated rings. The zero-order valence-corrected chi connectivity index (χ0v) is 13.9. The zero-order valence-electron chi connectivity index (χ0n) is 13.9. The van der Waals surface area contributed by atoms with Gasteiger partial charge in [0.15, 0.2) is 11.4 Å².